The molecule has 0 bridgehead atoms. The van der Waals surface area contributed by atoms with E-state index >= 15 is 0 Å². The number of hydrogen-bond donors (Lipinski definition) is 2. The average Bonchev–Trinajstić information content (AvgIpc) is 3.54. The number of carbonyl (C=O) groups is 1. The van der Waals surface area contributed by atoms with E-state index in [0.29, 0.717) is 41.3 Å². The maximum Gasteiger partial charge on any atom is 0.257 e. The highest BCUT2D eigenvalue weighted by Crippen LogP contribution is 2.30. The van der Waals surface area contributed by atoms with Gasteiger partial charge in [-0.2, -0.15) is 5.26 Å². The topological polar surface area (TPSA) is 109 Å². The van der Waals surface area contributed by atoms with Crippen LogP contribution in [0.25, 0.3) is 11.3 Å². The molecule has 1 unspecified atom stereocenters. The van der Waals surface area contributed by atoms with Crippen LogP contribution in [0.4, 0.5) is 13.9 Å². The molecule has 1 aliphatic carbocycles. The number of hydrogen-bond acceptors (Lipinski definition) is 7. The molecule has 2 heterocycles. The molecule has 0 saturated heterocycles. The van der Waals surface area contributed by atoms with Crippen molar-refractivity contribution in [3.63, 3.8) is 0 Å². The Bertz CT molecular complexity index is 1440. The Labute approximate surface area is 216 Å². The second kappa shape index (κ2) is 10.9. The van der Waals surface area contributed by atoms with Crippen LogP contribution in [0, 0.1) is 11.3 Å². The van der Waals surface area contributed by atoms with Gasteiger partial charge < -0.3 is 5.32 Å². The minimum Gasteiger partial charge on any atom is -0.308 e. The molecule has 4 aromatic rings. The Hall–Kier alpha value is -4.01. The summed E-state index contributed by atoms with van der Waals surface area (Å²) in [5.74, 6) is -0.266. The lowest BCUT2D eigenvalue weighted by molar-refractivity contribution is 0.102. The molecule has 37 heavy (non-hydrogen) atoms. The fourth-order valence-electron chi connectivity index (χ4n) is 4.25. The Morgan fingerprint density at radius 3 is 2.86 bits per heavy atom. The van der Waals surface area contributed by atoms with Crippen molar-refractivity contribution in [2.75, 3.05) is 11.9 Å². The number of carbonyl (C=O) groups excluding carboxylic acids is 1. The highest BCUT2D eigenvalue weighted by Gasteiger charge is 2.23. The summed E-state index contributed by atoms with van der Waals surface area (Å²) in [5, 5.41) is 23.6. The van der Waals surface area contributed by atoms with Gasteiger partial charge in [0.2, 0.25) is 0 Å². The van der Waals surface area contributed by atoms with Gasteiger partial charge in [0.1, 0.15) is 5.69 Å². The first-order chi connectivity index (χ1) is 18.0. The Morgan fingerprint density at radius 1 is 1.24 bits per heavy atom. The summed E-state index contributed by atoms with van der Waals surface area (Å²) >= 11 is 1.40. The summed E-state index contributed by atoms with van der Waals surface area (Å²) in [6.45, 7) is 0.118. The second-order valence-corrected chi connectivity index (χ2v) is 9.86. The number of alkyl halides is 2. The van der Waals surface area contributed by atoms with Gasteiger partial charge in [0, 0.05) is 22.0 Å². The summed E-state index contributed by atoms with van der Waals surface area (Å²) in [4.78, 5) is 18.5. The second-order valence-electron chi connectivity index (χ2n) is 8.77. The lowest BCUT2D eigenvalue weighted by atomic mass is 9.98. The molecule has 1 atom stereocenters. The fourth-order valence-corrected chi connectivity index (χ4v) is 5.33. The van der Waals surface area contributed by atoms with Crippen molar-refractivity contribution in [1.82, 2.24) is 25.3 Å². The van der Waals surface area contributed by atoms with E-state index in [9.17, 15) is 13.6 Å². The van der Waals surface area contributed by atoms with Crippen molar-refractivity contribution < 1.29 is 13.6 Å². The van der Waals surface area contributed by atoms with E-state index in [-0.39, 0.29) is 18.5 Å². The van der Waals surface area contributed by atoms with Crippen molar-refractivity contribution in [2.45, 2.75) is 38.3 Å². The molecule has 0 fully saturated rings. The van der Waals surface area contributed by atoms with Gasteiger partial charge in [-0.1, -0.05) is 29.5 Å². The van der Waals surface area contributed by atoms with Crippen LogP contribution in [-0.4, -0.2) is 44.9 Å². The third-order valence-electron chi connectivity index (χ3n) is 6.10. The van der Waals surface area contributed by atoms with E-state index in [1.54, 1.807) is 28.9 Å². The van der Waals surface area contributed by atoms with Crippen LogP contribution in [0.15, 0.2) is 54.7 Å². The number of rotatable bonds is 8. The standard InChI is InChI=1S/C26H23F2N7OS/c27-24(28)13-30-20-8-9-21-23(11-20)37-26(31-21)32-25(36)19-3-1-2-17(10-19)14-35-15-22(33-34-35)18-6-4-16(12-29)5-7-18/h1-7,10,15,20,24,30H,8-9,11,13-14H2,(H,31,32,36). The van der Waals surface area contributed by atoms with Crippen LogP contribution in [-0.2, 0) is 19.4 Å². The van der Waals surface area contributed by atoms with Crippen LogP contribution >= 0.6 is 11.3 Å². The molecule has 1 amide bonds. The number of nitrogens with one attached hydrogen (secondary N) is 2. The van der Waals surface area contributed by atoms with Crippen LogP contribution in [0.1, 0.15) is 38.5 Å². The zero-order valence-electron chi connectivity index (χ0n) is 19.7. The predicted octanol–water partition coefficient (Wildman–Crippen LogP) is 4.29. The van der Waals surface area contributed by atoms with E-state index < -0.39 is 6.43 Å². The maximum atomic E-state index is 12.9. The number of halogens is 2. The fraction of sp³-hybridized carbons (Fsp3) is 0.269. The SMILES string of the molecule is N#Cc1ccc(-c2cn(Cc3cccc(C(=O)Nc4nc5c(s4)CC(NCC(F)F)CC5)c3)nn2)cc1. The number of aromatic nitrogens is 4. The van der Waals surface area contributed by atoms with Gasteiger partial charge in [0.15, 0.2) is 5.13 Å². The third kappa shape index (κ3) is 6.04. The Balaban J connectivity index is 1.22. The van der Waals surface area contributed by atoms with Gasteiger partial charge in [-0.25, -0.2) is 18.4 Å². The molecular weight excluding hydrogens is 496 g/mol. The van der Waals surface area contributed by atoms with Gasteiger partial charge in [-0.3, -0.25) is 10.1 Å². The number of benzene rings is 2. The molecule has 2 aromatic heterocycles. The van der Waals surface area contributed by atoms with Gasteiger partial charge in [-0.15, -0.1) is 16.4 Å². The number of aryl methyl sites for hydroxylation is 1. The molecule has 2 aromatic carbocycles. The molecule has 2 N–H and O–H groups in total. The summed E-state index contributed by atoms with van der Waals surface area (Å²) < 4.78 is 26.7. The number of nitriles is 1. The van der Waals surface area contributed by atoms with Gasteiger partial charge >= 0.3 is 0 Å². The maximum absolute atomic E-state index is 12.9. The quantitative estimate of drug-likeness (QED) is 0.360. The first-order valence-electron chi connectivity index (χ1n) is 11.8. The lowest BCUT2D eigenvalue weighted by Crippen LogP contribution is -2.37. The van der Waals surface area contributed by atoms with E-state index in [2.05, 4.69) is 32.0 Å². The van der Waals surface area contributed by atoms with Crippen LogP contribution in [0.3, 0.4) is 0 Å². The van der Waals surface area contributed by atoms with Crippen molar-refractivity contribution >= 4 is 22.4 Å². The number of fused-ring (bicyclic) bond motifs is 1. The number of amides is 1. The van der Waals surface area contributed by atoms with Crippen LogP contribution in [0.2, 0.25) is 0 Å². The third-order valence-corrected chi connectivity index (χ3v) is 7.14. The molecule has 1 aliphatic rings. The van der Waals surface area contributed by atoms with E-state index in [4.69, 9.17) is 5.26 Å². The molecule has 188 valence electrons. The zero-order valence-corrected chi connectivity index (χ0v) is 20.5. The summed E-state index contributed by atoms with van der Waals surface area (Å²) in [7, 11) is 0. The van der Waals surface area contributed by atoms with Crippen molar-refractivity contribution in [3.05, 3.63) is 82.0 Å². The number of anilines is 1. The predicted molar refractivity (Wildman–Crippen MR) is 136 cm³/mol. The first kappa shape index (κ1) is 24.7. The van der Waals surface area contributed by atoms with Gasteiger partial charge in [-0.05, 0) is 49.1 Å². The minimum atomic E-state index is -2.37. The molecule has 0 spiro atoms. The summed E-state index contributed by atoms with van der Waals surface area (Å²) in [5.41, 5.74) is 4.44. The van der Waals surface area contributed by atoms with E-state index in [1.165, 1.54) is 11.3 Å². The first-order valence-corrected chi connectivity index (χ1v) is 12.6. The minimum absolute atomic E-state index is 0.00334. The van der Waals surface area contributed by atoms with E-state index in [0.717, 1.165) is 28.1 Å². The highest BCUT2D eigenvalue weighted by molar-refractivity contribution is 7.15. The molecule has 0 saturated carbocycles. The lowest BCUT2D eigenvalue weighted by Gasteiger charge is -2.22. The van der Waals surface area contributed by atoms with E-state index in [1.807, 2.05) is 30.5 Å². The molecule has 11 heteroatoms. The monoisotopic (exact) mass is 519 g/mol. The smallest absolute Gasteiger partial charge is 0.257 e. The summed E-state index contributed by atoms with van der Waals surface area (Å²) in [6.07, 6.45) is 1.52. The van der Waals surface area contributed by atoms with Gasteiger partial charge in [0.05, 0.1) is 36.6 Å². The average molecular weight is 520 g/mol. The number of thiazole rings is 1. The Morgan fingerprint density at radius 2 is 2.08 bits per heavy atom. The molecule has 5 rings (SSSR count). The van der Waals surface area contributed by atoms with Gasteiger partial charge in [0.25, 0.3) is 12.3 Å². The summed E-state index contributed by atoms with van der Waals surface area (Å²) in [6, 6.07) is 16.5. The highest BCUT2D eigenvalue weighted by atomic mass is 32.1. The molecule has 8 nitrogen and oxygen atoms in total. The largest absolute Gasteiger partial charge is 0.308 e. The van der Waals surface area contributed by atoms with Crippen molar-refractivity contribution in [1.29, 1.82) is 5.26 Å². The van der Waals surface area contributed by atoms with Crippen LogP contribution in [0.5, 0.6) is 0 Å². The van der Waals surface area contributed by atoms with Crippen molar-refractivity contribution in [3.8, 4) is 17.3 Å². The molecule has 0 radical (unpaired) electrons. The van der Waals surface area contributed by atoms with Crippen molar-refractivity contribution in [2.24, 2.45) is 0 Å². The number of nitrogens with zero attached hydrogens (tertiary/aromatic N) is 5. The normalized spacial score (nSPS) is 14.8. The van der Waals surface area contributed by atoms with Crippen LogP contribution < -0.4 is 10.6 Å². The zero-order chi connectivity index (χ0) is 25.8. The molecule has 0 aliphatic heterocycles. The molecular formula is C26H23F2N7OS. The Kier molecular flexibility index (Phi) is 7.30.